The fraction of sp³-hybridized carbons (Fsp3) is 0.500. The number of rotatable bonds is 6. The molecule has 112 valence electrons. The van der Waals surface area contributed by atoms with Gasteiger partial charge < -0.3 is 19.7 Å². The van der Waals surface area contributed by atoms with Gasteiger partial charge in [0.05, 0.1) is 31.5 Å². The van der Waals surface area contributed by atoms with Crippen LogP contribution in [0.25, 0.3) is 0 Å². The predicted molar refractivity (Wildman–Crippen MR) is 81.0 cm³/mol. The van der Waals surface area contributed by atoms with Crippen LogP contribution in [0.1, 0.15) is 13.8 Å². The molecule has 1 amide bonds. The summed E-state index contributed by atoms with van der Waals surface area (Å²) in [6, 6.07) is 3.52. The molecule has 0 aliphatic carbocycles. The molecule has 5 nitrogen and oxygen atoms in total. The maximum atomic E-state index is 11.9. The molecular weight excluding hydrogens is 280 g/mol. The van der Waals surface area contributed by atoms with Crippen molar-refractivity contribution in [1.82, 2.24) is 4.90 Å². The van der Waals surface area contributed by atoms with Crippen LogP contribution < -0.4 is 14.8 Å². The quantitative estimate of drug-likeness (QED) is 0.877. The van der Waals surface area contributed by atoms with E-state index in [0.717, 1.165) is 0 Å². The summed E-state index contributed by atoms with van der Waals surface area (Å²) in [5, 5.41) is 3.49. The van der Waals surface area contributed by atoms with Crippen molar-refractivity contribution in [2.75, 3.05) is 33.1 Å². The van der Waals surface area contributed by atoms with Gasteiger partial charge in [-0.05, 0) is 19.9 Å². The highest BCUT2D eigenvalue weighted by molar-refractivity contribution is 6.32. The van der Waals surface area contributed by atoms with Gasteiger partial charge in [0, 0.05) is 19.2 Å². The Kier molecular flexibility index (Phi) is 5.95. The number of likely N-dealkylation sites (N-methyl/N-ethyl adjacent to an activating group) is 1. The molecule has 0 aromatic heterocycles. The molecule has 1 rings (SSSR count). The van der Waals surface area contributed by atoms with Gasteiger partial charge in [0.1, 0.15) is 11.5 Å². The number of nitrogens with one attached hydrogen (secondary N) is 1. The topological polar surface area (TPSA) is 50.8 Å². The number of methoxy groups -OCH3 is 2. The smallest absolute Gasteiger partial charge is 0.241 e. The number of nitrogens with zero attached hydrogens (tertiary/aromatic N) is 1. The molecule has 0 aliphatic heterocycles. The Hall–Kier alpha value is -1.62. The first-order valence-corrected chi connectivity index (χ1v) is 6.69. The second-order valence-corrected chi connectivity index (χ2v) is 5.05. The summed E-state index contributed by atoms with van der Waals surface area (Å²) in [5.74, 6) is 1.10. The highest BCUT2D eigenvalue weighted by Gasteiger charge is 2.14. The van der Waals surface area contributed by atoms with E-state index in [1.165, 1.54) is 7.11 Å². The predicted octanol–water partition coefficient (Wildman–Crippen LogP) is 2.64. The minimum Gasteiger partial charge on any atom is -0.495 e. The lowest BCUT2D eigenvalue weighted by Crippen LogP contribution is -2.37. The number of carbonyl (C=O) groups is 1. The van der Waals surface area contributed by atoms with Crippen LogP contribution in [-0.4, -0.2) is 44.7 Å². The Labute approximate surface area is 124 Å². The van der Waals surface area contributed by atoms with Gasteiger partial charge in [-0.1, -0.05) is 11.6 Å². The van der Waals surface area contributed by atoms with E-state index in [1.54, 1.807) is 31.2 Å². The largest absolute Gasteiger partial charge is 0.495 e. The summed E-state index contributed by atoms with van der Waals surface area (Å²) >= 11 is 6.07. The van der Waals surface area contributed by atoms with E-state index in [1.807, 2.05) is 13.8 Å². The Balaban J connectivity index is 2.82. The first-order chi connectivity index (χ1) is 9.40. The van der Waals surface area contributed by atoms with Crippen molar-refractivity contribution in [2.24, 2.45) is 0 Å². The minimum absolute atomic E-state index is 0.00556. The van der Waals surface area contributed by atoms with Crippen LogP contribution in [0.3, 0.4) is 0 Å². The molecule has 0 saturated heterocycles. The Morgan fingerprint density at radius 1 is 1.30 bits per heavy atom. The molecule has 0 unspecified atom stereocenters. The fourth-order valence-electron chi connectivity index (χ4n) is 1.58. The van der Waals surface area contributed by atoms with Gasteiger partial charge >= 0.3 is 0 Å². The summed E-state index contributed by atoms with van der Waals surface area (Å²) in [6.45, 7) is 4.10. The Bertz CT molecular complexity index is 478. The number of ether oxygens (including phenoxy) is 2. The van der Waals surface area contributed by atoms with Gasteiger partial charge in [-0.2, -0.15) is 0 Å². The lowest BCUT2D eigenvalue weighted by Gasteiger charge is -2.22. The zero-order chi connectivity index (χ0) is 15.3. The average Bonchev–Trinajstić information content (AvgIpc) is 2.43. The third-order valence-corrected chi connectivity index (χ3v) is 3.37. The third-order valence-electron chi connectivity index (χ3n) is 3.07. The Morgan fingerprint density at radius 2 is 1.90 bits per heavy atom. The number of benzene rings is 1. The molecule has 20 heavy (non-hydrogen) atoms. The maximum Gasteiger partial charge on any atom is 0.241 e. The molecule has 0 bridgehead atoms. The number of amides is 1. The van der Waals surface area contributed by atoms with Gasteiger partial charge in [-0.25, -0.2) is 0 Å². The number of halogens is 1. The van der Waals surface area contributed by atoms with Gasteiger partial charge in [0.2, 0.25) is 5.91 Å². The molecule has 1 aromatic carbocycles. The van der Waals surface area contributed by atoms with Crippen LogP contribution in [-0.2, 0) is 4.79 Å². The van der Waals surface area contributed by atoms with Crippen molar-refractivity contribution in [1.29, 1.82) is 0 Å². The third kappa shape index (κ3) is 3.93. The van der Waals surface area contributed by atoms with Crippen LogP contribution in [0.2, 0.25) is 5.02 Å². The number of hydrogen-bond acceptors (Lipinski definition) is 4. The van der Waals surface area contributed by atoms with Gasteiger partial charge in [0.15, 0.2) is 0 Å². The monoisotopic (exact) mass is 300 g/mol. The molecule has 0 atom stereocenters. The minimum atomic E-state index is -0.00556. The van der Waals surface area contributed by atoms with Crippen molar-refractivity contribution < 1.29 is 14.3 Å². The van der Waals surface area contributed by atoms with Crippen molar-refractivity contribution in [3.05, 3.63) is 17.2 Å². The van der Waals surface area contributed by atoms with Crippen molar-refractivity contribution in [2.45, 2.75) is 19.9 Å². The summed E-state index contributed by atoms with van der Waals surface area (Å²) in [5.41, 5.74) is 0.656. The number of carbonyl (C=O) groups excluding carboxylic acids is 1. The van der Waals surface area contributed by atoms with Crippen LogP contribution in [0.4, 0.5) is 5.69 Å². The SMILES string of the molecule is COc1cc(OC)c(NCC(=O)N(C)C(C)C)cc1Cl. The van der Waals surface area contributed by atoms with Gasteiger partial charge in [-0.15, -0.1) is 0 Å². The van der Waals surface area contributed by atoms with E-state index in [9.17, 15) is 4.79 Å². The zero-order valence-electron chi connectivity index (χ0n) is 12.5. The van der Waals surface area contributed by atoms with Gasteiger partial charge in [-0.3, -0.25) is 4.79 Å². The number of anilines is 1. The second kappa shape index (κ2) is 7.24. The van der Waals surface area contributed by atoms with E-state index < -0.39 is 0 Å². The Morgan fingerprint density at radius 3 is 2.40 bits per heavy atom. The number of hydrogen-bond donors (Lipinski definition) is 1. The highest BCUT2D eigenvalue weighted by atomic mass is 35.5. The summed E-state index contributed by atoms with van der Waals surface area (Å²) < 4.78 is 10.4. The molecule has 0 spiro atoms. The molecule has 1 N–H and O–H groups in total. The lowest BCUT2D eigenvalue weighted by molar-refractivity contribution is -0.129. The summed E-state index contributed by atoms with van der Waals surface area (Å²) in [6.07, 6.45) is 0. The van der Waals surface area contributed by atoms with E-state index in [-0.39, 0.29) is 18.5 Å². The average molecular weight is 301 g/mol. The first-order valence-electron chi connectivity index (χ1n) is 6.31. The molecule has 1 aromatic rings. The van der Waals surface area contributed by atoms with E-state index >= 15 is 0 Å². The molecule has 0 heterocycles. The van der Waals surface area contributed by atoms with Crippen LogP contribution in [0.5, 0.6) is 11.5 Å². The second-order valence-electron chi connectivity index (χ2n) is 4.64. The molecule has 0 radical (unpaired) electrons. The van der Waals surface area contributed by atoms with Gasteiger partial charge in [0.25, 0.3) is 0 Å². The highest BCUT2D eigenvalue weighted by Crippen LogP contribution is 2.35. The standard InChI is InChI=1S/C14H21ClN2O3/c1-9(2)17(3)14(18)8-16-11-6-10(15)12(19-4)7-13(11)20-5/h6-7,9,16H,8H2,1-5H3. The van der Waals surface area contributed by atoms with Crippen LogP contribution in [0, 0.1) is 0 Å². The van der Waals surface area contributed by atoms with Crippen LogP contribution in [0.15, 0.2) is 12.1 Å². The normalized spacial score (nSPS) is 10.3. The fourth-order valence-corrected chi connectivity index (χ4v) is 1.82. The summed E-state index contributed by atoms with van der Waals surface area (Å²) in [4.78, 5) is 13.6. The molecule has 6 heteroatoms. The summed E-state index contributed by atoms with van der Waals surface area (Å²) in [7, 11) is 4.86. The molecular formula is C14H21ClN2O3. The van der Waals surface area contributed by atoms with Crippen molar-refractivity contribution >= 4 is 23.2 Å². The first kappa shape index (κ1) is 16.4. The van der Waals surface area contributed by atoms with Crippen LogP contribution >= 0.6 is 11.6 Å². The van der Waals surface area contributed by atoms with Crippen molar-refractivity contribution in [3.8, 4) is 11.5 Å². The molecule has 0 fully saturated rings. The van der Waals surface area contributed by atoms with Crippen molar-refractivity contribution in [3.63, 3.8) is 0 Å². The lowest BCUT2D eigenvalue weighted by atomic mass is 10.2. The van der Waals surface area contributed by atoms with E-state index in [0.29, 0.717) is 22.2 Å². The van der Waals surface area contributed by atoms with E-state index in [2.05, 4.69) is 5.32 Å². The maximum absolute atomic E-state index is 11.9. The molecule has 0 aliphatic rings. The molecule has 0 saturated carbocycles. The zero-order valence-corrected chi connectivity index (χ0v) is 13.2. The van der Waals surface area contributed by atoms with E-state index in [4.69, 9.17) is 21.1 Å².